The van der Waals surface area contributed by atoms with Crippen molar-refractivity contribution in [2.75, 3.05) is 26.2 Å². The third-order valence-corrected chi connectivity index (χ3v) is 5.98. The topological polar surface area (TPSA) is 44.4 Å². The molecule has 0 bridgehead atoms. The lowest BCUT2D eigenvalue weighted by atomic mass is 9.64. The Bertz CT molecular complexity index is 362. The molecule has 0 spiro atoms. The molecule has 1 aliphatic carbocycles. The van der Waals surface area contributed by atoms with Crippen LogP contribution < -0.4 is 10.6 Å². The van der Waals surface area contributed by atoms with Gasteiger partial charge in [0.2, 0.25) is 0 Å². The van der Waals surface area contributed by atoms with Crippen LogP contribution in [0, 0.1) is 5.41 Å². The molecule has 142 valence electrons. The molecule has 0 aromatic carbocycles. The molecular formula is C20H41N3O. The van der Waals surface area contributed by atoms with Crippen LogP contribution in [0.5, 0.6) is 0 Å². The lowest BCUT2D eigenvalue weighted by Crippen LogP contribution is -2.59. The average molecular weight is 340 g/mol. The number of urea groups is 1. The van der Waals surface area contributed by atoms with Crippen LogP contribution in [-0.2, 0) is 0 Å². The Labute approximate surface area is 150 Å². The van der Waals surface area contributed by atoms with Crippen LogP contribution in [0.3, 0.4) is 0 Å². The Balaban J connectivity index is 2.38. The minimum atomic E-state index is -0.0978. The van der Waals surface area contributed by atoms with E-state index >= 15 is 0 Å². The predicted octanol–water partition coefficient (Wildman–Crippen LogP) is 4.55. The Kier molecular flexibility index (Phi) is 9.11. The summed E-state index contributed by atoms with van der Waals surface area (Å²) in [7, 11) is 0. The van der Waals surface area contributed by atoms with Crippen molar-refractivity contribution in [2.24, 2.45) is 5.41 Å². The van der Waals surface area contributed by atoms with E-state index in [-0.39, 0.29) is 17.0 Å². The van der Waals surface area contributed by atoms with Gasteiger partial charge in [-0.2, -0.15) is 0 Å². The second-order valence-corrected chi connectivity index (χ2v) is 8.35. The quantitative estimate of drug-likeness (QED) is 0.613. The summed E-state index contributed by atoms with van der Waals surface area (Å²) >= 11 is 0. The van der Waals surface area contributed by atoms with E-state index < -0.39 is 0 Å². The van der Waals surface area contributed by atoms with Gasteiger partial charge in [0.25, 0.3) is 0 Å². The van der Waals surface area contributed by atoms with Crippen molar-refractivity contribution >= 4 is 6.03 Å². The zero-order valence-electron chi connectivity index (χ0n) is 16.8. The van der Waals surface area contributed by atoms with Crippen LogP contribution >= 0.6 is 0 Å². The Hall–Kier alpha value is -0.770. The summed E-state index contributed by atoms with van der Waals surface area (Å²) in [5.74, 6) is 0. The monoisotopic (exact) mass is 339 g/mol. The molecule has 1 unspecified atom stereocenters. The molecule has 0 heterocycles. The van der Waals surface area contributed by atoms with E-state index in [0.29, 0.717) is 0 Å². The van der Waals surface area contributed by atoms with E-state index in [1.807, 2.05) is 0 Å². The number of rotatable bonds is 10. The minimum absolute atomic E-state index is 0.00147. The number of nitrogens with one attached hydrogen (secondary N) is 2. The third-order valence-electron chi connectivity index (χ3n) is 5.98. The van der Waals surface area contributed by atoms with Crippen LogP contribution in [0.4, 0.5) is 4.79 Å². The molecule has 0 aliphatic heterocycles. The fraction of sp³-hybridized carbons (Fsp3) is 0.950. The van der Waals surface area contributed by atoms with E-state index in [9.17, 15) is 4.79 Å². The average Bonchev–Trinajstić information content (AvgIpc) is 2.52. The molecule has 24 heavy (non-hydrogen) atoms. The molecule has 1 saturated carbocycles. The van der Waals surface area contributed by atoms with E-state index in [0.717, 1.165) is 32.6 Å². The zero-order chi connectivity index (χ0) is 18.1. The standard InChI is InChI=1S/C20H41N3O/c1-6-8-15-23(16-9-7-2)17-14-21-18(24)22-20(5)13-11-10-12-19(20,3)4/h6-17H2,1-5H3,(H2,21,22,24). The van der Waals surface area contributed by atoms with Gasteiger partial charge in [0.05, 0.1) is 0 Å². The SMILES string of the molecule is CCCCN(CCCC)CCNC(=O)NC1(C)CCCCC1(C)C. The van der Waals surface area contributed by atoms with Crippen LogP contribution in [0.15, 0.2) is 0 Å². The molecule has 4 heteroatoms. The van der Waals surface area contributed by atoms with Crippen molar-refractivity contribution in [3.8, 4) is 0 Å². The van der Waals surface area contributed by atoms with Gasteiger partial charge >= 0.3 is 6.03 Å². The maximum Gasteiger partial charge on any atom is 0.315 e. The lowest BCUT2D eigenvalue weighted by Gasteiger charge is -2.48. The van der Waals surface area contributed by atoms with Crippen molar-refractivity contribution < 1.29 is 4.79 Å². The maximum absolute atomic E-state index is 12.4. The van der Waals surface area contributed by atoms with Gasteiger partial charge in [-0.05, 0) is 51.1 Å². The summed E-state index contributed by atoms with van der Waals surface area (Å²) in [5.41, 5.74) is 0.0658. The normalized spacial score (nSPS) is 23.2. The lowest BCUT2D eigenvalue weighted by molar-refractivity contribution is 0.0857. The number of hydrogen-bond acceptors (Lipinski definition) is 2. The van der Waals surface area contributed by atoms with Crippen LogP contribution in [0.25, 0.3) is 0 Å². The highest BCUT2D eigenvalue weighted by Crippen LogP contribution is 2.43. The Morgan fingerprint density at radius 1 is 0.958 bits per heavy atom. The molecule has 4 nitrogen and oxygen atoms in total. The van der Waals surface area contributed by atoms with Crippen molar-refractivity contribution in [3.05, 3.63) is 0 Å². The first-order valence-electron chi connectivity index (χ1n) is 10.1. The molecule has 0 aromatic rings. The molecule has 0 aromatic heterocycles. The number of amides is 2. The second kappa shape index (κ2) is 10.3. The van der Waals surface area contributed by atoms with Gasteiger partial charge in [0, 0.05) is 18.6 Å². The highest BCUT2D eigenvalue weighted by molar-refractivity contribution is 5.74. The van der Waals surface area contributed by atoms with Gasteiger partial charge < -0.3 is 15.5 Å². The van der Waals surface area contributed by atoms with Crippen LogP contribution in [0.2, 0.25) is 0 Å². The highest BCUT2D eigenvalue weighted by Gasteiger charge is 2.43. The van der Waals surface area contributed by atoms with Crippen molar-refractivity contribution in [2.45, 2.75) is 91.5 Å². The molecule has 0 radical (unpaired) electrons. The third kappa shape index (κ3) is 6.62. The second-order valence-electron chi connectivity index (χ2n) is 8.35. The summed E-state index contributed by atoms with van der Waals surface area (Å²) in [6.45, 7) is 15.2. The van der Waals surface area contributed by atoms with Gasteiger partial charge in [0.15, 0.2) is 0 Å². The van der Waals surface area contributed by atoms with Crippen LogP contribution in [0.1, 0.15) is 86.0 Å². The summed E-state index contributed by atoms with van der Waals surface area (Å²) in [4.78, 5) is 14.9. The number of carbonyl (C=O) groups excluding carboxylic acids is 1. The van der Waals surface area contributed by atoms with E-state index in [2.05, 4.69) is 50.2 Å². The van der Waals surface area contributed by atoms with E-state index in [1.165, 1.54) is 44.9 Å². The Morgan fingerprint density at radius 3 is 2.08 bits per heavy atom. The minimum Gasteiger partial charge on any atom is -0.337 e. The van der Waals surface area contributed by atoms with Crippen molar-refractivity contribution in [1.29, 1.82) is 0 Å². The first-order chi connectivity index (χ1) is 11.3. The van der Waals surface area contributed by atoms with E-state index in [4.69, 9.17) is 0 Å². The molecule has 1 fully saturated rings. The molecule has 2 amide bonds. The van der Waals surface area contributed by atoms with Crippen molar-refractivity contribution in [1.82, 2.24) is 15.5 Å². The number of hydrogen-bond donors (Lipinski definition) is 2. The summed E-state index contributed by atoms with van der Waals surface area (Å²) < 4.78 is 0. The first kappa shape index (κ1) is 21.3. The van der Waals surface area contributed by atoms with Crippen LogP contribution in [-0.4, -0.2) is 42.6 Å². The smallest absolute Gasteiger partial charge is 0.315 e. The largest absolute Gasteiger partial charge is 0.337 e. The van der Waals surface area contributed by atoms with Gasteiger partial charge in [-0.25, -0.2) is 4.79 Å². The Morgan fingerprint density at radius 2 is 1.54 bits per heavy atom. The molecule has 1 aliphatic rings. The molecule has 2 N–H and O–H groups in total. The summed E-state index contributed by atoms with van der Waals surface area (Å²) in [6.07, 6.45) is 9.67. The van der Waals surface area contributed by atoms with Crippen molar-refractivity contribution in [3.63, 3.8) is 0 Å². The number of unbranched alkanes of at least 4 members (excludes halogenated alkanes) is 2. The summed E-state index contributed by atoms with van der Waals surface area (Å²) in [5, 5.41) is 6.36. The fourth-order valence-electron chi connectivity index (χ4n) is 3.61. The molecule has 1 rings (SSSR count). The maximum atomic E-state index is 12.4. The van der Waals surface area contributed by atoms with Gasteiger partial charge in [-0.15, -0.1) is 0 Å². The number of carbonyl (C=O) groups is 1. The van der Waals surface area contributed by atoms with E-state index in [1.54, 1.807) is 0 Å². The van der Waals surface area contributed by atoms with Gasteiger partial charge in [-0.1, -0.05) is 53.4 Å². The first-order valence-corrected chi connectivity index (χ1v) is 10.1. The molecule has 0 saturated heterocycles. The molecular weight excluding hydrogens is 298 g/mol. The summed E-state index contributed by atoms with van der Waals surface area (Å²) in [6, 6.07) is -0.00147. The van der Waals surface area contributed by atoms with Gasteiger partial charge in [0.1, 0.15) is 0 Å². The van der Waals surface area contributed by atoms with Gasteiger partial charge in [-0.3, -0.25) is 0 Å². The highest BCUT2D eigenvalue weighted by atomic mass is 16.2. The fourth-order valence-corrected chi connectivity index (χ4v) is 3.61. The predicted molar refractivity (Wildman–Crippen MR) is 103 cm³/mol. The zero-order valence-corrected chi connectivity index (χ0v) is 16.8. The number of nitrogens with zero attached hydrogens (tertiary/aromatic N) is 1. The molecule has 1 atom stereocenters.